The highest BCUT2D eigenvalue weighted by Crippen LogP contribution is 2.33. The molecule has 1 aromatic carbocycles. The topological polar surface area (TPSA) is 38.5 Å². The first-order chi connectivity index (χ1) is 9.68. The molecule has 1 heterocycles. The van der Waals surface area contributed by atoms with Crippen LogP contribution in [0.2, 0.25) is 0 Å². The number of nitrogens with two attached hydrogens (primary N) is 1. The average molecular weight is 318 g/mol. The summed E-state index contributed by atoms with van der Waals surface area (Å²) in [4.78, 5) is 1.93. The highest BCUT2D eigenvalue weighted by molar-refractivity contribution is 7.80. The van der Waals surface area contributed by atoms with E-state index < -0.39 is 11.7 Å². The lowest BCUT2D eigenvalue weighted by Crippen LogP contribution is -2.46. The van der Waals surface area contributed by atoms with Gasteiger partial charge in [-0.2, -0.15) is 13.2 Å². The van der Waals surface area contributed by atoms with Gasteiger partial charge in [0.1, 0.15) is 4.99 Å². The zero-order valence-electron chi connectivity index (χ0n) is 11.8. The van der Waals surface area contributed by atoms with Crippen molar-refractivity contribution in [1.82, 2.24) is 0 Å². The van der Waals surface area contributed by atoms with Crippen LogP contribution in [0.1, 0.15) is 25.0 Å². The molecule has 1 aromatic rings. The summed E-state index contributed by atoms with van der Waals surface area (Å²) in [7, 11) is 0. The second kappa shape index (κ2) is 5.81. The second-order valence-electron chi connectivity index (χ2n) is 5.26. The van der Waals surface area contributed by atoms with E-state index in [1.165, 1.54) is 6.07 Å². The predicted molar refractivity (Wildman–Crippen MR) is 79.6 cm³/mol. The van der Waals surface area contributed by atoms with Gasteiger partial charge in [0, 0.05) is 24.3 Å². The van der Waals surface area contributed by atoms with Crippen LogP contribution in [-0.4, -0.2) is 30.3 Å². The molecule has 7 heteroatoms. The molecule has 0 aliphatic carbocycles. The third-order valence-electron chi connectivity index (χ3n) is 3.35. The smallest absolute Gasteiger partial charge is 0.389 e. The summed E-state index contributed by atoms with van der Waals surface area (Å²) in [5.74, 6) is 0. The van der Waals surface area contributed by atoms with Crippen LogP contribution in [-0.2, 0) is 10.9 Å². The maximum Gasteiger partial charge on any atom is 0.416 e. The minimum absolute atomic E-state index is 0.00441. The van der Waals surface area contributed by atoms with Crippen LogP contribution < -0.4 is 10.6 Å². The number of morpholine rings is 1. The lowest BCUT2D eigenvalue weighted by atomic mass is 10.1. The van der Waals surface area contributed by atoms with E-state index in [4.69, 9.17) is 22.7 Å². The van der Waals surface area contributed by atoms with Crippen LogP contribution in [0.4, 0.5) is 18.9 Å². The second-order valence-corrected chi connectivity index (χ2v) is 5.70. The minimum Gasteiger partial charge on any atom is -0.389 e. The van der Waals surface area contributed by atoms with E-state index in [9.17, 15) is 13.2 Å². The predicted octanol–water partition coefficient (Wildman–Crippen LogP) is 2.95. The molecule has 3 nitrogen and oxygen atoms in total. The molecule has 0 saturated carbocycles. The van der Waals surface area contributed by atoms with Gasteiger partial charge in [0.25, 0.3) is 0 Å². The molecule has 21 heavy (non-hydrogen) atoms. The molecule has 0 bridgehead atoms. The number of alkyl halides is 3. The monoisotopic (exact) mass is 318 g/mol. The first kappa shape index (κ1) is 16.0. The number of hydrogen-bond donors (Lipinski definition) is 1. The maximum atomic E-state index is 12.8. The maximum absolute atomic E-state index is 12.8. The summed E-state index contributed by atoms with van der Waals surface area (Å²) < 4.78 is 44.1. The van der Waals surface area contributed by atoms with Crippen molar-refractivity contribution in [3.8, 4) is 0 Å². The molecule has 0 spiro atoms. The van der Waals surface area contributed by atoms with Gasteiger partial charge < -0.3 is 15.4 Å². The lowest BCUT2D eigenvalue weighted by molar-refractivity contribution is -0.137. The highest BCUT2D eigenvalue weighted by Gasteiger charge is 2.32. The summed E-state index contributed by atoms with van der Waals surface area (Å²) in [6, 6.07) is 3.51. The average Bonchev–Trinajstić information content (AvgIpc) is 2.35. The summed E-state index contributed by atoms with van der Waals surface area (Å²) in [5.41, 5.74) is 5.74. The fraction of sp³-hybridized carbons (Fsp3) is 0.500. The number of rotatable bonds is 2. The van der Waals surface area contributed by atoms with Gasteiger partial charge in [-0.25, -0.2) is 0 Å². The first-order valence-electron chi connectivity index (χ1n) is 6.60. The summed E-state index contributed by atoms with van der Waals surface area (Å²) in [5, 5.41) is 0. The molecule has 1 aliphatic heterocycles. The molecule has 0 aromatic heterocycles. The van der Waals surface area contributed by atoms with Crippen LogP contribution in [0.15, 0.2) is 18.2 Å². The van der Waals surface area contributed by atoms with E-state index in [2.05, 4.69) is 0 Å². The Labute approximate surface area is 126 Å². The standard InChI is InChI=1S/C14H17F3N2OS/c1-8-6-19(7-9(2)20-8)12-4-3-10(14(15,16)17)5-11(12)13(18)21/h3-5,8-9H,6-7H2,1-2H3,(H2,18,21). The lowest BCUT2D eigenvalue weighted by Gasteiger charge is -2.37. The molecular formula is C14H17F3N2OS. The Morgan fingerprint density at radius 3 is 2.33 bits per heavy atom. The summed E-state index contributed by atoms with van der Waals surface area (Å²) in [6.45, 7) is 5.02. The Hall–Kier alpha value is -1.34. The Bertz CT molecular complexity index is 538. The number of nitrogens with zero attached hydrogens (tertiary/aromatic N) is 1. The summed E-state index contributed by atoms with van der Waals surface area (Å²) >= 11 is 4.91. The zero-order valence-corrected chi connectivity index (χ0v) is 12.6. The Morgan fingerprint density at radius 2 is 1.86 bits per heavy atom. The van der Waals surface area contributed by atoms with Crippen LogP contribution in [0, 0.1) is 0 Å². The van der Waals surface area contributed by atoms with Crippen molar-refractivity contribution in [3.05, 3.63) is 29.3 Å². The van der Waals surface area contributed by atoms with Gasteiger partial charge in [0.15, 0.2) is 0 Å². The van der Waals surface area contributed by atoms with Gasteiger partial charge in [-0.05, 0) is 32.0 Å². The Balaban J connectivity index is 2.41. The van der Waals surface area contributed by atoms with Crippen molar-refractivity contribution in [3.63, 3.8) is 0 Å². The van der Waals surface area contributed by atoms with Gasteiger partial charge in [0.2, 0.25) is 0 Å². The number of thiocarbonyl (C=S) groups is 1. The summed E-state index contributed by atoms with van der Waals surface area (Å²) in [6.07, 6.45) is -4.42. The Morgan fingerprint density at radius 1 is 1.29 bits per heavy atom. The molecule has 1 saturated heterocycles. The van der Waals surface area contributed by atoms with E-state index in [1.54, 1.807) is 0 Å². The zero-order chi connectivity index (χ0) is 15.8. The van der Waals surface area contributed by atoms with Crippen LogP contribution in [0.5, 0.6) is 0 Å². The fourth-order valence-corrected chi connectivity index (χ4v) is 2.72. The van der Waals surface area contributed by atoms with Crippen molar-refractivity contribution in [2.45, 2.75) is 32.2 Å². The molecule has 0 radical (unpaired) electrons. The van der Waals surface area contributed by atoms with Crippen LogP contribution in [0.3, 0.4) is 0 Å². The number of halogens is 3. The van der Waals surface area contributed by atoms with Crippen molar-refractivity contribution >= 4 is 22.9 Å². The van der Waals surface area contributed by atoms with Gasteiger partial charge in [-0.15, -0.1) is 0 Å². The quantitative estimate of drug-likeness (QED) is 0.851. The SMILES string of the molecule is CC1CN(c2ccc(C(F)(F)F)cc2C(N)=S)CC(C)O1. The van der Waals surface area contributed by atoms with Gasteiger partial charge in [0.05, 0.1) is 17.8 Å². The van der Waals surface area contributed by atoms with Crippen molar-refractivity contribution in [1.29, 1.82) is 0 Å². The van der Waals surface area contributed by atoms with Crippen molar-refractivity contribution in [2.24, 2.45) is 5.73 Å². The third kappa shape index (κ3) is 3.65. The number of ether oxygens (including phenoxy) is 1. The number of anilines is 1. The molecule has 116 valence electrons. The molecule has 2 atom stereocenters. The van der Waals surface area contributed by atoms with Crippen molar-refractivity contribution in [2.75, 3.05) is 18.0 Å². The highest BCUT2D eigenvalue weighted by atomic mass is 32.1. The van der Waals surface area contributed by atoms with Crippen LogP contribution >= 0.6 is 12.2 Å². The number of hydrogen-bond acceptors (Lipinski definition) is 3. The van der Waals surface area contributed by atoms with Crippen molar-refractivity contribution < 1.29 is 17.9 Å². The van der Waals surface area contributed by atoms with E-state index >= 15 is 0 Å². The fourth-order valence-electron chi connectivity index (χ4n) is 2.56. The minimum atomic E-state index is -4.41. The molecule has 1 fully saturated rings. The van der Waals surface area contributed by atoms with E-state index in [0.29, 0.717) is 18.8 Å². The first-order valence-corrected chi connectivity index (χ1v) is 7.00. The molecule has 1 aliphatic rings. The van der Waals surface area contributed by atoms with Gasteiger partial charge >= 0.3 is 6.18 Å². The normalized spacial score (nSPS) is 23.2. The van der Waals surface area contributed by atoms with Gasteiger partial charge in [-0.3, -0.25) is 0 Å². The Kier molecular flexibility index (Phi) is 4.43. The molecule has 2 unspecified atom stereocenters. The number of benzene rings is 1. The molecule has 0 amide bonds. The molecule has 2 N–H and O–H groups in total. The largest absolute Gasteiger partial charge is 0.416 e. The van der Waals surface area contributed by atoms with Gasteiger partial charge in [-0.1, -0.05) is 12.2 Å². The third-order valence-corrected chi connectivity index (χ3v) is 3.57. The van der Waals surface area contributed by atoms with E-state index in [0.717, 1.165) is 12.1 Å². The van der Waals surface area contributed by atoms with E-state index in [-0.39, 0.29) is 22.8 Å². The van der Waals surface area contributed by atoms with Crippen LogP contribution in [0.25, 0.3) is 0 Å². The van der Waals surface area contributed by atoms with E-state index in [1.807, 2.05) is 18.7 Å². The molecule has 2 rings (SSSR count). The molecular weight excluding hydrogens is 301 g/mol.